The molecule has 2 atom stereocenters. The van der Waals surface area contributed by atoms with Crippen molar-refractivity contribution < 1.29 is 4.79 Å². The molecular weight excluding hydrogens is 459 g/mol. The maximum atomic E-state index is 12.1. The molecule has 1 aromatic heterocycles. The van der Waals surface area contributed by atoms with Crippen LogP contribution < -0.4 is 10.6 Å². The SMILES string of the molecule is CCNC(=NCC(C)Cc1cccs1)NC1CCN(C(=O)C(C)C)C1.I. The van der Waals surface area contributed by atoms with Gasteiger partial charge in [-0.25, -0.2) is 0 Å². The Morgan fingerprint density at radius 3 is 2.81 bits per heavy atom. The number of thiophene rings is 1. The summed E-state index contributed by atoms with van der Waals surface area (Å²) in [6.07, 6.45) is 2.05. The van der Waals surface area contributed by atoms with Gasteiger partial charge in [0.15, 0.2) is 5.96 Å². The summed E-state index contributed by atoms with van der Waals surface area (Å²) in [6, 6.07) is 4.58. The molecule has 148 valence electrons. The Kier molecular flexibility index (Phi) is 10.5. The lowest BCUT2D eigenvalue weighted by Gasteiger charge is -2.20. The first kappa shape index (κ1) is 23.2. The second-order valence-corrected chi connectivity index (χ2v) is 8.21. The Hall–Kier alpha value is -0.830. The molecule has 1 fully saturated rings. The van der Waals surface area contributed by atoms with E-state index in [1.165, 1.54) is 4.88 Å². The first-order chi connectivity index (χ1) is 12.0. The first-order valence-electron chi connectivity index (χ1n) is 9.35. The topological polar surface area (TPSA) is 56.7 Å². The highest BCUT2D eigenvalue weighted by molar-refractivity contribution is 14.0. The van der Waals surface area contributed by atoms with Crippen molar-refractivity contribution in [3.63, 3.8) is 0 Å². The Bertz CT molecular complexity index is 562. The molecule has 0 aromatic carbocycles. The molecule has 7 heteroatoms. The smallest absolute Gasteiger partial charge is 0.225 e. The van der Waals surface area contributed by atoms with E-state index in [1.807, 2.05) is 30.1 Å². The zero-order valence-corrected chi connectivity index (χ0v) is 19.5. The van der Waals surface area contributed by atoms with Crippen molar-refractivity contribution in [3.8, 4) is 0 Å². The van der Waals surface area contributed by atoms with E-state index in [-0.39, 0.29) is 41.8 Å². The van der Waals surface area contributed by atoms with Crippen molar-refractivity contribution in [2.45, 2.75) is 46.6 Å². The van der Waals surface area contributed by atoms with Gasteiger partial charge in [0.2, 0.25) is 5.91 Å². The molecule has 2 rings (SSSR count). The lowest BCUT2D eigenvalue weighted by molar-refractivity contribution is -0.133. The van der Waals surface area contributed by atoms with Gasteiger partial charge in [0.1, 0.15) is 0 Å². The molecule has 2 heterocycles. The standard InChI is InChI=1S/C19H32N4OS.HI/c1-5-20-19(21-12-15(4)11-17-7-6-10-25-17)22-16-8-9-23(13-16)18(24)14(2)3;/h6-7,10,14-16H,5,8-9,11-13H2,1-4H3,(H2,20,21,22);1H. The largest absolute Gasteiger partial charge is 0.357 e. The van der Waals surface area contributed by atoms with Crippen molar-refractivity contribution in [2.75, 3.05) is 26.2 Å². The Labute approximate surface area is 179 Å². The lowest BCUT2D eigenvalue weighted by atomic mass is 10.1. The van der Waals surface area contributed by atoms with Crippen molar-refractivity contribution in [1.29, 1.82) is 0 Å². The summed E-state index contributed by atoms with van der Waals surface area (Å²) in [5.41, 5.74) is 0. The van der Waals surface area contributed by atoms with Gasteiger partial charge in [-0.15, -0.1) is 35.3 Å². The van der Waals surface area contributed by atoms with Crippen LogP contribution in [0.2, 0.25) is 0 Å². The number of hydrogen-bond donors (Lipinski definition) is 2. The highest BCUT2D eigenvalue weighted by Crippen LogP contribution is 2.15. The molecule has 0 radical (unpaired) electrons. The molecule has 1 aliphatic heterocycles. The number of nitrogens with zero attached hydrogens (tertiary/aromatic N) is 2. The molecule has 0 aliphatic carbocycles. The van der Waals surface area contributed by atoms with Gasteiger partial charge in [-0.3, -0.25) is 9.79 Å². The van der Waals surface area contributed by atoms with Gasteiger partial charge in [0.25, 0.3) is 0 Å². The predicted octanol–water partition coefficient (Wildman–Crippen LogP) is 3.36. The van der Waals surface area contributed by atoms with Crippen LogP contribution >= 0.6 is 35.3 Å². The lowest BCUT2D eigenvalue weighted by Crippen LogP contribution is -2.45. The van der Waals surface area contributed by atoms with Gasteiger partial charge in [-0.05, 0) is 37.1 Å². The van der Waals surface area contributed by atoms with Crippen LogP contribution in [0.1, 0.15) is 39.0 Å². The number of likely N-dealkylation sites (tertiary alicyclic amines) is 1. The van der Waals surface area contributed by atoms with Crippen LogP contribution in [-0.2, 0) is 11.2 Å². The van der Waals surface area contributed by atoms with Crippen molar-refractivity contribution >= 4 is 47.2 Å². The Balaban J connectivity index is 0.00000338. The van der Waals surface area contributed by atoms with E-state index in [4.69, 9.17) is 4.99 Å². The van der Waals surface area contributed by atoms with E-state index in [0.717, 1.165) is 45.0 Å². The van der Waals surface area contributed by atoms with Crippen LogP contribution in [0, 0.1) is 11.8 Å². The molecule has 1 amide bonds. The van der Waals surface area contributed by atoms with Crippen molar-refractivity contribution in [1.82, 2.24) is 15.5 Å². The normalized spacial score (nSPS) is 18.6. The third-order valence-electron chi connectivity index (χ3n) is 4.37. The fourth-order valence-electron chi connectivity index (χ4n) is 3.04. The zero-order valence-electron chi connectivity index (χ0n) is 16.3. The average Bonchev–Trinajstić information content (AvgIpc) is 3.24. The van der Waals surface area contributed by atoms with E-state index in [0.29, 0.717) is 5.92 Å². The van der Waals surface area contributed by atoms with E-state index in [2.05, 4.69) is 42.0 Å². The maximum Gasteiger partial charge on any atom is 0.225 e. The van der Waals surface area contributed by atoms with Crippen LogP contribution in [-0.4, -0.2) is 49.0 Å². The van der Waals surface area contributed by atoms with E-state index in [1.54, 1.807) is 0 Å². The number of halogens is 1. The summed E-state index contributed by atoms with van der Waals surface area (Å²) >= 11 is 1.81. The number of amides is 1. The quantitative estimate of drug-likeness (QED) is 0.349. The molecule has 0 bridgehead atoms. The number of hydrogen-bond acceptors (Lipinski definition) is 3. The Morgan fingerprint density at radius 2 is 2.19 bits per heavy atom. The van der Waals surface area contributed by atoms with Gasteiger partial charge in [-0.2, -0.15) is 0 Å². The molecular formula is C19H33IN4OS. The summed E-state index contributed by atoms with van der Waals surface area (Å²) in [6.45, 7) is 11.5. The fourth-order valence-corrected chi connectivity index (χ4v) is 3.91. The average molecular weight is 492 g/mol. The second-order valence-electron chi connectivity index (χ2n) is 7.18. The van der Waals surface area contributed by atoms with Crippen molar-refractivity contribution in [2.24, 2.45) is 16.8 Å². The van der Waals surface area contributed by atoms with Crippen LogP contribution in [0.25, 0.3) is 0 Å². The summed E-state index contributed by atoms with van der Waals surface area (Å²) in [5.74, 6) is 1.69. The minimum Gasteiger partial charge on any atom is -0.357 e. The minimum atomic E-state index is 0. The van der Waals surface area contributed by atoms with Crippen LogP contribution in [0.5, 0.6) is 0 Å². The van der Waals surface area contributed by atoms with E-state index in [9.17, 15) is 4.79 Å². The number of rotatable bonds is 7. The summed E-state index contributed by atoms with van der Waals surface area (Å²) in [4.78, 5) is 20.3. The van der Waals surface area contributed by atoms with Gasteiger partial charge in [0, 0.05) is 43.0 Å². The highest BCUT2D eigenvalue weighted by Gasteiger charge is 2.27. The van der Waals surface area contributed by atoms with Crippen LogP contribution in [0.4, 0.5) is 0 Å². The molecule has 5 nitrogen and oxygen atoms in total. The number of carbonyl (C=O) groups is 1. The molecule has 26 heavy (non-hydrogen) atoms. The Morgan fingerprint density at radius 1 is 1.42 bits per heavy atom. The monoisotopic (exact) mass is 492 g/mol. The van der Waals surface area contributed by atoms with Gasteiger partial charge >= 0.3 is 0 Å². The predicted molar refractivity (Wildman–Crippen MR) is 122 cm³/mol. The van der Waals surface area contributed by atoms with E-state index < -0.39 is 0 Å². The summed E-state index contributed by atoms with van der Waals surface area (Å²) in [7, 11) is 0. The van der Waals surface area contributed by atoms with Crippen LogP contribution in [0.15, 0.2) is 22.5 Å². The minimum absolute atomic E-state index is 0. The number of guanidine groups is 1. The molecule has 1 aliphatic rings. The molecule has 2 N–H and O–H groups in total. The molecule has 1 aromatic rings. The van der Waals surface area contributed by atoms with E-state index >= 15 is 0 Å². The summed E-state index contributed by atoms with van der Waals surface area (Å²) < 4.78 is 0. The van der Waals surface area contributed by atoms with Crippen molar-refractivity contribution in [3.05, 3.63) is 22.4 Å². The number of nitrogens with one attached hydrogen (secondary N) is 2. The molecule has 0 spiro atoms. The van der Waals surface area contributed by atoms with Gasteiger partial charge in [0.05, 0.1) is 0 Å². The molecule has 1 saturated heterocycles. The molecule has 2 unspecified atom stereocenters. The van der Waals surface area contributed by atoms with Crippen LogP contribution in [0.3, 0.4) is 0 Å². The highest BCUT2D eigenvalue weighted by atomic mass is 127. The zero-order chi connectivity index (χ0) is 18.2. The molecule has 0 saturated carbocycles. The number of aliphatic imine (C=N–C) groups is 1. The van der Waals surface area contributed by atoms with Gasteiger partial charge in [-0.1, -0.05) is 26.8 Å². The third-order valence-corrected chi connectivity index (χ3v) is 5.27. The number of carbonyl (C=O) groups excluding carboxylic acids is 1. The third kappa shape index (κ3) is 7.42. The summed E-state index contributed by atoms with van der Waals surface area (Å²) in [5, 5.41) is 8.96. The first-order valence-corrected chi connectivity index (χ1v) is 10.2. The maximum absolute atomic E-state index is 12.1. The fraction of sp³-hybridized carbons (Fsp3) is 0.684. The second kappa shape index (κ2) is 11.8. The van der Waals surface area contributed by atoms with Gasteiger partial charge < -0.3 is 15.5 Å².